The molecule has 0 aliphatic carbocycles. The second-order valence-corrected chi connectivity index (χ2v) is 4.10. The number of benzene rings is 1. The average Bonchev–Trinajstić information content (AvgIpc) is 2.38. The molecule has 1 rings (SSSR count). The molecule has 0 spiro atoms. The van der Waals surface area contributed by atoms with Crippen LogP contribution in [0.15, 0.2) is 12.1 Å². The minimum atomic E-state index is -1.40. The Hall–Kier alpha value is -2.03. The van der Waals surface area contributed by atoms with Crippen molar-refractivity contribution in [3.05, 3.63) is 29.6 Å². The van der Waals surface area contributed by atoms with Crippen molar-refractivity contribution in [1.29, 1.82) is 5.26 Å². The van der Waals surface area contributed by atoms with Crippen molar-refractivity contribution < 1.29 is 18.0 Å². The number of amides is 1. The zero-order valence-corrected chi connectivity index (χ0v) is 10.6. The van der Waals surface area contributed by atoms with E-state index < -0.39 is 34.5 Å². The maximum atomic E-state index is 13.4. The van der Waals surface area contributed by atoms with Gasteiger partial charge in [-0.3, -0.25) is 4.79 Å². The fourth-order valence-electron chi connectivity index (χ4n) is 1.67. The molecule has 0 radical (unpaired) electrons. The molecule has 1 amide bonds. The number of carbonyl (C=O) groups excluding carboxylic acids is 1. The molecule has 1 N–H and O–H groups in total. The highest BCUT2D eigenvalue weighted by Gasteiger charge is 2.35. The van der Waals surface area contributed by atoms with Gasteiger partial charge in [-0.15, -0.1) is 0 Å². The molecule has 102 valence electrons. The molecular weight excluding hydrogens is 257 g/mol. The predicted molar refractivity (Wildman–Crippen MR) is 63.6 cm³/mol. The second-order valence-electron chi connectivity index (χ2n) is 4.10. The Bertz CT molecular complexity index is 533. The van der Waals surface area contributed by atoms with Crippen LogP contribution in [0.2, 0.25) is 0 Å². The van der Waals surface area contributed by atoms with Crippen molar-refractivity contribution >= 4 is 11.6 Å². The number of hydrogen-bond donors (Lipinski definition) is 1. The first-order valence-corrected chi connectivity index (χ1v) is 5.77. The molecule has 3 nitrogen and oxygen atoms in total. The van der Waals surface area contributed by atoms with E-state index >= 15 is 0 Å². The van der Waals surface area contributed by atoms with E-state index in [1.807, 2.05) is 6.07 Å². The molecule has 0 aliphatic heterocycles. The van der Waals surface area contributed by atoms with E-state index in [-0.39, 0.29) is 12.8 Å². The summed E-state index contributed by atoms with van der Waals surface area (Å²) in [6, 6.07) is 2.91. The van der Waals surface area contributed by atoms with E-state index in [4.69, 9.17) is 5.26 Å². The van der Waals surface area contributed by atoms with Crippen LogP contribution in [0.5, 0.6) is 0 Å². The van der Waals surface area contributed by atoms with Crippen LogP contribution in [0.3, 0.4) is 0 Å². The fraction of sp³-hybridized carbons (Fsp3) is 0.385. The van der Waals surface area contributed by atoms with Gasteiger partial charge in [0, 0.05) is 12.1 Å². The number of nitrogens with zero attached hydrogens (tertiary/aromatic N) is 1. The van der Waals surface area contributed by atoms with E-state index in [9.17, 15) is 18.0 Å². The number of halogens is 3. The summed E-state index contributed by atoms with van der Waals surface area (Å²) in [4.78, 5) is 12.0. The Kier molecular flexibility index (Phi) is 4.54. The number of hydrogen-bond acceptors (Lipinski definition) is 2. The van der Waals surface area contributed by atoms with Crippen LogP contribution in [-0.4, -0.2) is 5.91 Å². The molecule has 0 fully saturated rings. The van der Waals surface area contributed by atoms with Crippen molar-refractivity contribution in [3.8, 4) is 6.07 Å². The molecule has 1 aromatic carbocycles. The highest BCUT2D eigenvalue weighted by molar-refractivity contribution is 5.97. The standard InChI is InChI=1S/C13H13F3N2O/c1-3-13(4-2,7-17)12(19)18-10-6-8(14)5-9(15)11(10)16/h5-6H,3-4H2,1-2H3,(H,18,19). The Morgan fingerprint density at radius 1 is 1.32 bits per heavy atom. The van der Waals surface area contributed by atoms with Gasteiger partial charge in [0.15, 0.2) is 11.6 Å². The quantitative estimate of drug-likeness (QED) is 0.853. The zero-order chi connectivity index (χ0) is 14.6. The van der Waals surface area contributed by atoms with Gasteiger partial charge in [0.1, 0.15) is 11.2 Å². The largest absolute Gasteiger partial charge is 0.322 e. The maximum Gasteiger partial charge on any atom is 0.244 e. The lowest BCUT2D eigenvalue weighted by molar-refractivity contribution is -0.123. The highest BCUT2D eigenvalue weighted by atomic mass is 19.2. The maximum absolute atomic E-state index is 13.4. The van der Waals surface area contributed by atoms with E-state index in [2.05, 4.69) is 5.32 Å². The second kappa shape index (κ2) is 5.74. The summed E-state index contributed by atoms with van der Waals surface area (Å²) < 4.78 is 39.4. The zero-order valence-electron chi connectivity index (χ0n) is 10.6. The Morgan fingerprint density at radius 2 is 1.89 bits per heavy atom. The normalized spacial score (nSPS) is 10.9. The Balaban J connectivity index is 3.10. The van der Waals surface area contributed by atoms with E-state index in [0.29, 0.717) is 12.1 Å². The van der Waals surface area contributed by atoms with Crippen LogP contribution in [0.4, 0.5) is 18.9 Å². The predicted octanol–water partition coefficient (Wildman–Crippen LogP) is 3.37. The van der Waals surface area contributed by atoms with E-state index in [1.54, 1.807) is 13.8 Å². The molecule has 1 aromatic rings. The molecule has 0 heterocycles. The van der Waals surface area contributed by atoms with Gasteiger partial charge in [0.2, 0.25) is 5.91 Å². The van der Waals surface area contributed by atoms with Crippen LogP contribution < -0.4 is 5.32 Å². The van der Waals surface area contributed by atoms with Gasteiger partial charge < -0.3 is 5.32 Å². The average molecular weight is 270 g/mol. The lowest BCUT2D eigenvalue weighted by atomic mass is 9.83. The third-order valence-corrected chi connectivity index (χ3v) is 3.10. The van der Waals surface area contributed by atoms with Crippen molar-refractivity contribution in [2.24, 2.45) is 5.41 Å². The monoisotopic (exact) mass is 270 g/mol. The van der Waals surface area contributed by atoms with Gasteiger partial charge in [-0.2, -0.15) is 5.26 Å². The third-order valence-electron chi connectivity index (χ3n) is 3.10. The Morgan fingerprint density at radius 3 is 2.37 bits per heavy atom. The van der Waals surface area contributed by atoms with Crippen LogP contribution in [0, 0.1) is 34.2 Å². The fourth-order valence-corrected chi connectivity index (χ4v) is 1.67. The van der Waals surface area contributed by atoms with Gasteiger partial charge >= 0.3 is 0 Å². The number of anilines is 1. The third kappa shape index (κ3) is 2.87. The number of rotatable bonds is 4. The summed E-state index contributed by atoms with van der Waals surface area (Å²) in [5, 5.41) is 11.1. The highest BCUT2D eigenvalue weighted by Crippen LogP contribution is 2.28. The molecule has 19 heavy (non-hydrogen) atoms. The van der Waals surface area contributed by atoms with Crippen molar-refractivity contribution in [1.82, 2.24) is 0 Å². The number of nitriles is 1. The molecule has 0 atom stereocenters. The molecule has 6 heteroatoms. The van der Waals surface area contributed by atoms with Crippen LogP contribution in [-0.2, 0) is 4.79 Å². The van der Waals surface area contributed by atoms with Gasteiger partial charge in [-0.1, -0.05) is 13.8 Å². The Labute approximate surface area is 109 Å². The topological polar surface area (TPSA) is 52.9 Å². The van der Waals surface area contributed by atoms with Gasteiger partial charge in [-0.25, -0.2) is 13.2 Å². The van der Waals surface area contributed by atoms with E-state index in [1.165, 1.54) is 0 Å². The molecule has 0 saturated heterocycles. The first-order valence-electron chi connectivity index (χ1n) is 5.77. The molecule has 0 unspecified atom stereocenters. The molecule has 0 saturated carbocycles. The van der Waals surface area contributed by atoms with E-state index in [0.717, 1.165) is 0 Å². The first-order chi connectivity index (χ1) is 8.90. The molecule has 0 bridgehead atoms. The molecule has 0 aliphatic rings. The molecular formula is C13H13F3N2O. The van der Waals surface area contributed by atoms with Crippen molar-refractivity contribution in [2.45, 2.75) is 26.7 Å². The smallest absolute Gasteiger partial charge is 0.244 e. The number of nitrogens with one attached hydrogen (secondary N) is 1. The SMILES string of the molecule is CCC(C#N)(CC)C(=O)Nc1cc(F)cc(F)c1F. The van der Waals surface area contributed by atoms with Crippen LogP contribution in [0.25, 0.3) is 0 Å². The summed E-state index contributed by atoms with van der Waals surface area (Å²) in [7, 11) is 0. The lowest BCUT2D eigenvalue weighted by Crippen LogP contribution is -2.34. The summed E-state index contributed by atoms with van der Waals surface area (Å²) in [6.45, 7) is 3.27. The van der Waals surface area contributed by atoms with Crippen LogP contribution in [0.1, 0.15) is 26.7 Å². The number of carbonyl (C=O) groups is 1. The van der Waals surface area contributed by atoms with Gasteiger partial charge in [0.05, 0.1) is 11.8 Å². The minimum Gasteiger partial charge on any atom is -0.322 e. The summed E-state index contributed by atoms with van der Waals surface area (Å²) in [6.07, 6.45) is 0.427. The summed E-state index contributed by atoms with van der Waals surface area (Å²) in [5.41, 5.74) is -1.95. The first kappa shape index (κ1) is 15.0. The van der Waals surface area contributed by atoms with Gasteiger partial charge in [-0.05, 0) is 12.8 Å². The van der Waals surface area contributed by atoms with Gasteiger partial charge in [0.25, 0.3) is 0 Å². The molecule has 0 aromatic heterocycles. The summed E-state index contributed by atoms with van der Waals surface area (Å²) in [5.74, 6) is -4.53. The summed E-state index contributed by atoms with van der Waals surface area (Å²) >= 11 is 0. The lowest BCUT2D eigenvalue weighted by Gasteiger charge is -2.22. The minimum absolute atomic E-state index is 0.214. The van der Waals surface area contributed by atoms with Crippen LogP contribution >= 0.6 is 0 Å². The van der Waals surface area contributed by atoms with Crippen molar-refractivity contribution in [2.75, 3.05) is 5.32 Å². The van der Waals surface area contributed by atoms with Crippen molar-refractivity contribution in [3.63, 3.8) is 0 Å².